The van der Waals surface area contributed by atoms with Crippen LogP contribution in [0.4, 0.5) is 14.5 Å². The Morgan fingerprint density at radius 3 is 2.35 bits per heavy atom. The SMILES string of the molecule is O=[N+]([O-])c1cnc(S(=O)(=O)Cl)c(C(F)F)c1Cl. The monoisotopic (exact) mass is 306 g/mol. The van der Waals surface area contributed by atoms with Gasteiger partial charge in [0.1, 0.15) is 11.2 Å². The van der Waals surface area contributed by atoms with E-state index in [1.807, 2.05) is 0 Å². The van der Waals surface area contributed by atoms with Crippen LogP contribution < -0.4 is 0 Å². The molecule has 1 aromatic rings. The summed E-state index contributed by atoms with van der Waals surface area (Å²) in [6.45, 7) is 0. The van der Waals surface area contributed by atoms with Gasteiger partial charge < -0.3 is 0 Å². The van der Waals surface area contributed by atoms with Gasteiger partial charge in [0.05, 0.1) is 10.5 Å². The third kappa shape index (κ3) is 2.79. The van der Waals surface area contributed by atoms with E-state index >= 15 is 0 Å². The molecule has 0 unspecified atom stereocenters. The zero-order valence-corrected chi connectivity index (χ0v) is 9.93. The molecule has 0 bridgehead atoms. The summed E-state index contributed by atoms with van der Waals surface area (Å²) in [5.41, 5.74) is -2.21. The van der Waals surface area contributed by atoms with Crippen LogP contribution in [0.2, 0.25) is 5.02 Å². The smallest absolute Gasteiger partial charge is 0.258 e. The van der Waals surface area contributed by atoms with Gasteiger partial charge in [0.15, 0.2) is 5.03 Å². The molecule has 1 rings (SSSR count). The van der Waals surface area contributed by atoms with E-state index in [4.69, 9.17) is 22.3 Å². The fraction of sp³-hybridized carbons (Fsp3) is 0.167. The molecule has 0 spiro atoms. The predicted octanol–water partition coefficient (Wildman–Crippen LogP) is 2.51. The van der Waals surface area contributed by atoms with Gasteiger partial charge >= 0.3 is 5.69 Å². The zero-order chi connectivity index (χ0) is 13.4. The van der Waals surface area contributed by atoms with Crippen molar-refractivity contribution in [3.05, 3.63) is 26.9 Å². The minimum atomic E-state index is -4.57. The molecule has 11 heteroatoms. The lowest BCUT2D eigenvalue weighted by Crippen LogP contribution is -2.05. The molecule has 0 saturated carbocycles. The standard InChI is InChI=1S/C6H2Cl2F2N2O4S/c7-4-2(12(13)14)1-11-6(17(8,15)16)3(4)5(9)10/h1,5H. The van der Waals surface area contributed by atoms with E-state index in [-0.39, 0.29) is 0 Å². The molecule has 0 radical (unpaired) electrons. The van der Waals surface area contributed by atoms with Crippen molar-refractivity contribution in [2.45, 2.75) is 11.5 Å². The molecule has 0 aromatic carbocycles. The van der Waals surface area contributed by atoms with Gasteiger partial charge in [-0.15, -0.1) is 0 Å². The Hall–Kier alpha value is -1.06. The second kappa shape index (κ2) is 4.67. The fourth-order valence-corrected chi connectivity index (χ4v) is 2.34. The van der Waals surface area contributed by atoms with E-state index in [2.05, 4.69) is 4.98 Å². The summed E-state index contributed by atoms with van der Waals surface area (Å²) < 4.78 is 47.0. The second-order valence-corrected chi connectivity index (χ2v) is 5.53. The number of alkyl halides is 2. The first kappa shape index (κ1) is 14.0. The zero-order valence-electron chi connectivity index (χ0n) is 7.60. The van der Waals surface area contributed by atoms with Crippen molar-refractivity contribution < 1.29 is 22.1 Å². The Kier molecular flexibility index (Phi) is 3.84. The summed E-state index contributed by atoms with van der Waals surface area (Å²) in [4.78, 5) is 12.4. The summed E-state index contributed by atoms with van der Waals surface area (Å²) in [7, 11) is 0.290. The molecule has 0 atom stereocenters. The molecule has 0 N–H and O–H groups in total. The van der Waals surface area contributed by atoms with E-state index in [9.17, 15) is 27.3 Å². The van der Waals surface area contributed by atoms with Crippen LogP contribution in [0.25, 0.3) is 0 Å². The van der Waals surface area contributed by atoms with Crippen molar-refractivity contribution >= 4 is 37.0 Å². The molecule has 0 aliphatic carbocycles. The molecule has 0 saturated heterocycles. The summed E-state index contributed by atoms with van der Waals surface area (Å²) in [6, 6.07) is 0. The summed E-state index contributed by atoms with van der Waals surface area (Å²) in [5.74, 6) is 0. The molecular weight excluding hydrogens is 305 g/mol. The molecular formula is C6H2Cl2F2N2O4S. The average Bonchev–Trinajstić information content (AvgIpc) is 2.14. The van der Waals surface area contributed by atoms with Crippen molar-refractivity contribution in [3.8, 4) is 0 Å². The lowest BCUT2D eigenvalue weighted by molar-refractivity contribution is -0.385. The highest BCUT2D eigenvalue weighted by Crippen LogP contribution is 2.38. The van der Waals surface area contributed by atoms with Crippen LogP contribution in [0, 0.1) is 10.1 Å². The summed E-state index contributed by atoms with van der Waals surface area (Å²) in [6.07, 6.45) is -2.91. The lowest BCUT2D eigenvalue weighted by atomic mass is 10.2. The van der Waals surface area contributed by atoms with Crippen molar-refractivity contribution in [1.29, 1.82) is 0 Å². The van der Waals surface area contributed by atoms with Crippen LogP contribution in [0.15, 0.2) is 11.2 Å². The molecule has 0 amide bonds. The minimum absolute atomic E-state index is 0.448. The molecule has 1 aromatic heterocycles. The first-order valence-corrected chi connectivity index (χ1v) is 6.40. The van der Waals surface area contributed by atoms with Crippen LogP contribution in [-0.2, 0) is 9.05 Å². The molecule has 6 nitrogen and oxygen atoms in total. The van der Waals surface area contributed by atoms with Gasteiger partial charge in [-0.05, 0) is 0 Å². The Bertz CT molecular complexity index is 578. The highest BCUT2D eigenvalue weighted by atomic mass is 35.7. The Morgan fingerprint density at radius 1 is 1.47 bits per heavy atom. The van der Waals surface area contributed by atoms with Crippen LogP contribution in [0.5, 0.6) is 0 Å². The van der Waals surface area contributed by atoms with Crippen LogP contribution in [-0.4, -0.2) is 18.3 Å². The summed E-state index contributed by atoms with van der Waals surface area (Å²) in [5, 5.41) is 8.22. The molecule has 1 heterocycles. The van der Waals surface area contributed by atoms with Crippen LogP contribution in [0.3, 0.4) is 0 Å². The van der Waals surface area contributed by atoms with E-state index in [1.165, 1.54) is 0 Å². The Balaban J connectivity index is 3.69. The van der Waals surface area contributed by atoms with Gasteiger partial charge in [0.2, 0.25) is 0 Å². The van der Waals surface area contributed by atoms with Crippen molar-refractivity contribution in [2.75, 3.05) is 0 Å². The van der Waals surface area contributed by atoms with Crippen molar-refractivity contribution in [1.82, 2.24) is 4.98 Å². The van der Waals surface area contributed by atoms with Crippen molar-refractivity contribution in [3.63, 3.8) is 0 Å². The number of nitro groups is 1. The normalized spacial score (nSPS) is 11.8. The van der Waals surface area contributed by atoms with E-state index in [0.717, 1.165) is 0 Å². The first-order chi connectivity index (χ1) is 7.66. The van der Waals surface area contributed by atoms with Gasteiger partial charge in [-0.1, -0.05) is 11.6 Å². The van der Waals surface area contributed by atoms with Gasteiger partial charge in [-0.2, -0.15) is 0 Å². The Morgan fingerprint density at radius 2 is 2.00 bits per heavy atom. The fourth-order valence-electron chi connectivity index (χ4n) is 0.989. The summed E-state index contributed by atoms with van der Waals surface area (Å²) >= 11 is 5.33. The average molecular weight is 307 g/mol. The van der Waals surface area contributed by atoms with E-state index in [1.54, 1.807) is 0 Å². The van der Waals surface area contributed by atoms with Gasteiger partial charge in [-0.3, -0.25) is 10.1 Å². The molecule has 17 heavy (non-hydrogen) atoms. The van der Waals surface area contributed by atoms with Gasteiger partial charge in [0, 0.05) is 10.7 Å². The number of rotatable bonds is 3. The third-order valence-electron chi connectivity index (χ3n) is 1.64. The number of halogens is 4. The molecule has 0 aliphatic rings. The predicted molar refractivity (Wildman–Crippen MR) is 53.9 cm³/mol. The number of hydrogen-bond acceptors (Lipinski definition) is 5. The van der Waals surface area contributed by atoms with Crippen LogP contribution >= 0.6 is 22.3 Å². The third-order valence-corrected chi connectivity index (χ3v) is 3.26. The maximum Gasteiger partial charge on any atom is 0.306 e. The van der Waals surface area contributed by atoms with Crippen LogP contribution in [0.1, 0.15) is 12.0 Å². The topological polar surface area (TPSA) is 90.2 Å². The quantitative estimate of drug-likeness (QED) is 0.486. The number of aromatic nitrogens is 1. The minimum Gasteiger partial charge on any atom is -0.258 e. The molecule has 0 aliphatic heterocycles. The Labute approximate surface area is 103 Å². The molecule has 94 valence electrons. The van der Waals surface area contributed by atoms with E-state index in [0.29, 0.717) is 6.20 Å². The lowest BCUT2D eigenvalue weighted by Gasteiger charge is -2.06. The first-order valence-electron chi connectivity index (χ1n) is 3.72. The number of hydrogen-bond donors (Lipinski definition) is 0. The molecule has 0 fully saturated rings. The maximum absolute atomic E-state index is 12.6. The van der Waals surface area contributed by atoms with Gasteiger partial charge in [0.25, 0.3) is 15.5 Å². The van der Waals surface area contributed by atoms with Gasteiger partial charge in [-0.25, -0.2) is 22.2 Å². The largest absolute Gasteiger partial charge is 0.306 e. The van der Waals surface area contributed by atoms with E-state index < -0.39 is 41.7 Å². The highest BCUT2D eigenvalue weighted by Gasteiger charge is 2.31. The van der Waals surface area contributed by atoms with Crippen molar-refractivity contribution in [2.24, 2.45) is 0 Å². The maximum atomic E-state index is 12.6. The second-order valence-electron chi connectivity index (χ2n) is 2.67. The number of nitrogens with zero attached hydrogens (tertiary/aromatic N) is 2. The highest BCUT2D eigenvalue weighted by molar-refractivity contribution is 8.13. The number of pyridine rings is 1.